The van der Waals surface area contributed by atoms with E-state index in [-0.39, 0.29) is 24.0 Å². The van der Waals surface area contributed by atoms with Gasteiger partial charge < -0.3 is 10.4 Å². The summed E-state index contributed by atoms with van der Waals surface area (Å²) in [5, 5.41) is 18.9. The fourth-order valence-electron chi connectivity index (χ4n) is 1.55. The van der Waals surface area contributed by atoms with Crippen molar-refractivity contribution in [3.8, 4) is 0 Å². The van der Waals surface area contributed by atoms with E-state index in [2.05, 4.69) is 36.3 Å². The molecular weight excluding hydrogens is 262 g/mol. The molecule has 1 atom stereocenters. The van der Waals surface area contributed by atoms with Crippen LogP contribution in [0.2, 0.25) is 0 Å². The second-order valence-electron chi connectivity index (χ2n) is 5.55. The highest BCUT2D eigenvalue weighted by atomic mass is 32.2. The molecule has 1 unspecified atom stereocenters. The third-order valence-corrected chi connectivity index (χ3v) is 3.49. The Morgan fingerprint density at radius 2 is 2.26 bits per heavy atom. The first kappa shape index (κ1) is 16.0. The lowest BCUT2D eigenvalue weighted by Gasteiger charge is -2.15. The molecule has 1 amide bonds. The van der Waals surface area contributed by atoms with E-state index in [1.807, 2.05) is 6.26 Å². The van der Waals surface area contributed by atoms with Gasteiger partial charge in [-0.25, -0.2) is 0 Å². The predicted molar refractivity (Wildman–Crippen MR) is 78.6 cm³/mol. The zero-order valence-corrected chi connectivity index (χ0v) is 12.8. The molecule has 6 heteroatoms. The lowest BCUT2D eigenvalue weighted by molar-refractivity contribution is 0.0910. The van der Waals surface area contributed by atoms with Crippen LogP contribution in [0.15, 0.2) is 6.07 Å². The number of hydrogen-bond donors (Lipinski definition) is 3. The summed E-state index contributed by atoms with van der Waals surface area (Å²) in [5.74, 6) is 0.658. The Morgan fingerprint density at radius 3 is 2.74 bits per heavy atom. The Bertz CT molecular complexity index is 412. The number of nitrogens with one attached hydrogen (secondary N) is 2. The van der Waals surface area contributed by atoms with Crippen LogP contribution in [0.25, 0.3) is 0 Å². The van der Waals surface area contributed by atoms with E-state index in [4.69, 9.17) is 0 Å². The molecule has 1 heterocycles. The molecule has 0 aliphatic carbocycles. The molecule has 1 aromatic rings. The average molecular weight is 285 g/mol. The van der Waals surface area contributed by atoms with Crippen LogP contribution in [0.5, 0.6) is 0 Å². The molecule has 3 N–H and O–H groups in total. The lowest BCUT2D eigenvalue weighted by Crippen LogP contribution is -2.38. The van der Waals surface area contributed by atoms with E-state index in [1.165, 1.54) is 0 Å². The first-order valence-electron chi connectivity index (χ1n) is 6.35. The van der Waals surface area contributed by atoms with Crippen molar-refractivity contribution in [1.82, 2.24) is 15.5 Å². The number of aliphatic hydroxyl groups excluding tert-OH is 1. The monoisotopic (exact) mass is 285 g/mol. The highest BCUT2D eigenvalue weighted by Crippen LogP contribution is 2.20. The first-order chi connectivity index (χ1) is 8.88. The third kappa shape index (κ3) is 4.87. The van der Waals surface area contributed by atoms with Crippen LogP contribution in [0.4, 0.5) is 0 Å². The summed E-state index contributed by atoms with van der Waals surface area (Å²) < 4.78 is 0. The number of hydrogen-bond acceptors (Lipinski definition) is 4. The SMILES string of the molecule is CSCCC(CO)NC(=O)c1cc(C(C)(C)C)[nH]n1. The summed E-state index contributed by atoms with van der Waals surface area (Å²) in [6.07, 6.45) is 2.75. The molecule has 108 valence electrons. The molecule has 0 aliphatic rings. The van der Waals surface area contributed by atoms with E-state index in [0.717, 1.165) is 17.9 Å². The largest absolute Gasteiger partial charge is 0.394 e. The Kier molecular flexibility index (Phi) is 5.87. The quantitative estimate of drug-likeness (QED) is 0.741. The van der Waals surface area contributed by atoms with Gasteiger partial charge in [0, 0.05) is 11.1 Å². The van der Waals surface area contributed by atoms with Gasteiger partial charge in [0.2, 0.25) is 0 Å². The van der Waals surface area contributed by atoms with Gasteiger partial charge in [-0.15, -0.1) is 0 Å². The summed E-state index contributed by atoms with van der Waals surface area (Å²) in [7, 11) is 0. The molecule has 0 bridgehead atoms. The molecule has 5 nitrogen and oxygen atoms in total. The second kappa shape index (κ2) is 6.96. The fraction of sp³-hybridized carbons (Fsp3) is 0.692. The van der Waals surface area contributed by atoms with Gasteiger partial charge in [-0.1, -0.05) is 20.8 Å². The standard InChI is InChI=1S/C13H23N3O2S/c1-13(2,3)11-7-10(15-16-11)12(18)14-9(8-17)5-6-19-4/h7,9,17H,5-6,8H2,1-4H3,(H,14,18)(H,15,16). The highest BCUT2D eigenvalue weighted by Gasteiger charge is 2.20. The molecule has 0 aliphatic heterocycles. The molecule has 0 spiro atoms. The highest BCUT2D eigenvalue weighted by molar-refractivity contribution is 7.98. The van der Waals surface area contributed by atoms with Crippen LogP contribution in [0.1, 0.15) is 43.4 Å². The van der Waals surface area contributed by atoms with Crippen molar-refractivity contribution in [3.63, 3.8) is 0 Å². The van der Waals surface area contributed by atoms with E-state index < -0.39 is 0 Å². The first-order valence-corrected chi connectivity index (χ1v) is 7.74. The van der Waals surface area contributed by atoms with Gasteiger partial charge in [0.15, 0.2) is 0 Å². The average Bonchev–Trinajstić information content (AvgIpc) is 2.83. The van der Waals surface area contributed by atoms with Crippen molar-refractivity contribution in [2.45, 2.75) is 38.6 Å². The van der Waals surface area contributed by atoms with Crippen LogP contribution in [-0.2, 0) is 5.41 Å². The number of carbonyl (C=O) groups excluding carboxylic acids is 1. The van der Waals surface area contributed by atoms with Crippen LogP contribution < -0.4 is 5.32 Å². The number of aliphatic hydroxyl groups is 1. The normalized spacial score (nSPS) is 13.3. The number of H-pyrrole nitrogens is 1. The number of carbonyl (C=O) groups is 1. The minimum Gasteiger partial charge on any atom is -0.394 e. The van der Waals surface area contributed by atoms with Crippen LogP contribution >= 0.6 is 11.8 Å². The molecule has 0 saturated heterocycles. The van der Waals surface area contributed by atoms with Crippen LogP contribution in [-0.4, -0.2) is 45.9 Å². The summed E-state index contributed by atoms with van der Waals surface area (Å²) >= 11 is 1.69. The molecule has 0 aromatic carbocycles. The zero-order chi connectivity index (χ0) is 14.5. The molecular formula is C13H23N3O2S. The molecule has 0 fully saturated rings. The number of amides is 1. The van der Waals surface area contributed by atoms with Crippen LogP contribution in [0.3, 0.4) is 0 Å². The molecule has 1 rings (SSSR count). The van der Waals surface area contributed by atoms with Gasteiger partial charge in [-0.3, -0.25) is 9.89 Å². The predicted octanol–water partition coefficient (Wildman–Crippen LogP) is 1.55. The van der Waals surface area contributed by atoms with Crippen molar-refractivity contribution in [2.24, 2.45) is 0 Å². The lowest BCUT2D eigenvalue weighted by atomic mass is 9.92. The van der Waals surface area contributed by atoms with E-state index in [1.54, 1.807) is 17.8 Å². The maximum atomic E-state index is 12.0. The summed E-state index contributed by atoms with van der Waals surface area (Å²) in [5.41, 5.74) is 1.22. The van der Waals surface area contributed by atoms with Gasteiger partial charge >= 0.3 is 0 Å². The second-order valence-corrected chi connectivity index (χ2v) is 6.54. The zero-order valence-electron chi connectivity index (χ0n) is 12.0. The summed E-state index contributed by atoms with van der Waals surface area (Å²) in [6, 6.07) is 1.55. The molecule has 0 radical (unpaired) electrons. The van der Waals surface area contributed by atoms with Crippen LogP contribution in [0, 0.1) is 0 Å². The number of aromatic amines is 1. The third-order valence-electron chi connectivity index (χ3n) is 2.84. The number of thioether (sulfide) groups is 1. The number of nitrogens with zero attached hydrogens (tertiary/aromatic N) is 1. The Labute approximate surface area is 118 Å². The minimum absolute atomic E-state index is 0.0527. The van der Waals surface area contributed by atoms with Crippen molar-refractivity contribution >= 4 is 17.7 Å². The molecule has 0 saturated carbocycles. The maximum absolute atomic E-state index is 12.0. The topological polar surface area (TPSA) is 78.0 Å². The Balaban J connectivity index is 2.64. The van der Waals surface area contributed by atoms with Crippen molar-refractivity contribution < 1.29 is 9.90 Å². The smallest absolute Gasteiger partial charge is 0.272 e. The van der Waals surface area contributed by atoms with Crippen molar-refractivity contribution in [2.75, 3.05) is 18.6 Å². The van der Waals surface area contributed by atoms with E-state index in [9.17, 15) is 9.90 Å². The summed E-state index contributed by atoms with van der Waals surface area (Å²) in [6.45, 7) is 6.11. The van der Waals surface area contributed by atoms with Gasteiger partial charge in [-0.05, 0) is 24.5 Å². The van der Waals surface area contributed by atoms with E-state index >= 15 is 0 Å². The van der Waals surface area contributed by atoms with E-state index in [0.29, 0.717) is 5.69 Å². The van der Waals surface area contributed by atoms with Gasteiger partial charge in [-0.2, -0.15) is 16.9 Å². The van der Waals surface area contributed by atoms with Gasteiger partial charge in [0.25, 0.3) is 5.91 Å². The molecule has 1 aromatic heterocycles. The van der Waals surface area contributed by atoms with Gasteiger partial charge in [0.1, 0.15) is 5.69 Å². The fourth-order valence-corrected chi connectivity index (χ4v) is 2.07. The number of aromatic nitrogens is 2. The van der Waals surface area contributed by atoms with Crippen molar-refractivity contribution in [3.05, 3.63) is 17.5 Å². The maximum Gasteiger partial charge on any atom is 0.272 e. The number of rotatable bonds is 6. The van der Waals surface area contributed by atoms with Crippen molar-refractivity contribution in [1.29, 1.82) is 0 Å². The Morgan fingerprint density at radius 1 is 1.58 bits per heavy atom. The van der Waals surface area contributed by atoms with Gasteiger partial charge in [0.05, 0.1) is 12.6 Å². The Hall–Kier alpha value is -1.01. The minimum atomic E-state index is -0.244. The molecule has 19 heavy (non-hydrogen) atoms. The summed E-state index contributed by atoms with van der Waals surface area (Å²) in [4.78, 5) is 12.0.